The molecule has 0 aliphatic carbocycles. The first-order valence-corrected chi connectivity index (χ1v) is 9.36. The van der Waals surface area contributed by atoms with Crippen LogP contribution in [0.4, 0.5) is 0 Å². The highest BCUT2D eigenvalue weighted by Crippen LogP contribution is 2.31. The maximum absolute atomic E-state index is 4.32. The molecule has 3 aromatic carbocycles. The fourth-order valence-electron chi connectivity index (χ4n) is 3.84. The van der Waals surface area contributed by atoms with E-state index in [-0.39, 0.29) is 0 Å². The molecule has 2 nitrogen and oxygen atoms in total. The van der Waals surface area contributed by atoms with E-state index >= 15 is 0 Å². The van der Waals surface area contributed by atoms with Gasteiger partial charge in [-0.05, 0) is 48.2 Å². The highest BCUT2D eigenvalue weighted by Gasteiger charge is 2.11. The minimum atomic E-state index is 1.06. The van der Waals surface area contributed by atoms with Gasteiger partial charge < -0.3 is 4.57 Å². The molecule has 2 heterocycles. The van der Waals surface area contributed by atoms with E-state index < -0.39 is 0 Å². The van der Waals surface area contributed by atoms with E-state index in [1.807, 2.05) is 12.4 Å². The minimum absolute atomic E-state index is 1.06. The first-order chi connectivity index (χ1) is 13.4. The lowest BCUT2D eigenvalue weighted by Gasteiger charge is -2.09. The first kappa shape index (κ1) is 15.8. The Morgan fingerprint density at radius 1 is 0.593 bits per heavy atom. The van der Waals surface area contributed by atoms with Crippen LogP contribution in [0.25, 0.3) is 27.5 Å². The number of fused-ring (bicyclic) bond motifs is 3. The Bertz CT molecular complexity index is 1150. The molecule has 0 aliphatic rings. The molecule has 0 unspecified atom stereocenters. The lowest BCUT2D eigenvalue weighted by Crippen LogP contribution is -1.95. The van der Waals surface area contributed by atoms with Crippen LogP contribution in [0.3, 0.4) is 0 Å². The summed E-state index contributed by atoms with van der Waals surface area (Å²) in [6.45, 7) is 0. The molecular formula is C25H20N2. The van der Waals surface area contributed by atoms with Crippen LogP contribution in [0.2, 0.25) is 0 Å². The number of pyridine rings is 1. The maximum atomic E-state index is 4.32. The van der Waals surface area contributed by atoms with Crippen molar-refractivity contribution < 1.29 is 0 Å². The van der Waals surface area contributed by atoms with Gasteiger partial charge in [0.2, 0.25) is 0 Å². The molecule has 5 aromatic rings. The fraction of sp³-hybridized carbons (Fsp3) is 0.0800. The highest BCUT2D eigenvalue weighted by atomic mass is 15.0. The van der Waals surface area contributed by atoms with E-state index in [0.717, 1.165) is 12.8 Å². The minimum Gasteiger partial charge on any atom is -0.309 e. The van der Waals surface area contributed by atoms with Gasteiger partial charge in [0.1, 0.15) is 0 Å². The quantitative estimate of drug-likeness (QED) is 0.391. The van der Waals surface area contributed by atoms with Crippen molar-refractivity contribution in [1.82, 2.24) is 9.55 Å². The third-order valence-corrected chi connectivity index (χ3v) is 5.21. The smallest absolute Gasteiger partial charge is 0.0571 e. The third kappa shape index (κ3) is 2.89. The van der Waals surface area contributed by atoms with Crippen molar-refractivity contribution in [2.45, 2.75) is 12.8 Å². The molecule has 0 aliphatic heterocycles. The molecular weight excluding hydrogens is 328 g/mol. The van der Waals surface area contributed by atoms with Gasteiger partial charge in [-0.25, -0.2) is 0 Å². The van der Waals surface area contributed by atoms with Gasteiger partial charge in [-0.2, -0.15) is 0 Å². The molecule has 0 saturated heterocycles. The molecule has 0 atom stereocenters. The van der Waals surface area contributed by atoms with Crippen molar-refractivity contribution in [3.63, 3.8) is 0 Å². The molecule has 0 amide bonds. The van der Waals surface area contributed by atoms with Crippen LogP contribution < -0.4 is 0 Å². The van der Waals surface area contributed by atoms with Crippen LogP contribution in [-0.2, 0) is 12.8 Å². The Morgan fingerprint density at radius 2 is 1.26 bits per heavy atom. The molecule has 0 spiro atoms. The zero-order valence-electron chi connectivity index (χ0n) is 15.0. The first-order valence-electron chi connectivity index (χ1n) is 9.36. The summed E-state index contributed by atoms with van der Waals surface area (Å²) >= 11 is 0. The lowest BCUT2D eigenvalue weighted by atomic mass is 10.0. The predicted molar refractivity (Wildman–Crippen MR) is 112 cm³/mol. The van der Waals surface area contributed by atoms with Crippen molar-refractivity contribution in [1.29, 1.82) is 0 Å². The van der Waals surface area contributed by atoms with Crippen LogP contribution in [0.1, 0.15) is 11.1 Å². The highest BCUT2D eigenvalue weighted by molar-refractivity contribution is 6.08. The van der Waals surface area contributed by atoms with Gasteiger partial charge in [-0.15, -0.1) is 0 Å². The fourth-order valence-corrected chi connectivity index (χ4v) is 3.84. The summed E-state index contributed by atoms with van der Waals surface area (Å²) in [5.74, 6) is 0. The summed E-state index contributed by atoms with van der Waals surface area (Å²) in [4.78, 5) is 4.32. The normalized spacial score (nSPS) is 11.3. The molecule has 27 heavy (non-hydrogen) atoms. The molecule has 0 saturated carbocycles. The average molecular weight is 348 g/mol. The zero-order valence-corrected chi connectivity index (χ0v) is 15.0. The van der Waals surface area contributed by atoms with Crippen molar-refractivity contribution >= 4 is 21.8 Å². The van der Waals surface area contributed by atoms with E-state index in [0.29, 0.717) is 0 Å². The molecule has 0 N–H and O–H groups in total. The van der Waals surface area contributed by atoms with Crippen molar-refractivity contribution in [2.24, 2.45) is 0 Å². The van der Waals surface area contributed by atoms with Crippen LogP contribution in [0.5, 0.6) is 0 Å². The molecule has 2 aromatic heterocycles. The molecule has 0 bridgehead atoms. The molecule has 130 valence electrons. The number of aryl methyl sites for hydroxylation is 2. The van der Waals surface area contributed by atoms with Gasteiger partial charge in [0, 0.05) is 28.9 Å². The van der Waals surface area contributed by atoms with Crippen LogP contribution in [0.15, 0.2) is 97.3 Å². The summed E-state index contributed by atoms with van der Waals surface area (Å²) in [7, 11) is 0. The van der Waals surface area contributed by atoms with Crippen LogP contribution in [-0.4, -0.2) is 9.55 Å². The standard InChI is InChI=1S/C25H20N2/c1-2-6-19(7-3-1)10-11-20-12-14-21(15-13-20)27-24-9-5-4-8-22(24)23-18-26-17-16-25(23)27/h1-9,12-18H,10-11H2. The van der Waals surface area contributed by atoms with E-state index in [4.69, 9.17) is 0 Å². The Morgan fingerprint density at radius 3 is 2.07 bits per heavy atom. The number of nitrogens with zero attached hydrogens (tertiary/aromatic N) is 2. The average Bonchev–Trinajstić information content (AvgIpc) is 3.08. The largest absolute Gasteiger partial charge is 0.309 e. The number of aromatic nitrogens is 2. The second kappa shape index (κ2) is 6.73. The summed E-state index contributed by atoms with van der Waals surface area (Å²) in [6.07, 6.45) is 5.96. The summed E-state index contributed by atoms with van der Waals surface area (Å²) in [5, 5.41) is 2.44. The van der Waals surface area contributed by atoms with Gasteiger partial charge in [-0.1, -0.05) is 60.7 Å². The Balaban J connectivity index is 1.51. The number of para-hydroxylation sites is 1. The van der Waals surface area contributed by atoms with E-state index in [9.17, 15) is 0 Å². The number of rotatable bonds is 4. The van der Waals surface area contributed by atoms with Gasteiger partial charge in [-0.3, -0.25) is 4.98 Å². The third-order valence-electron chi connectivity index (χ3n) is 5.21. The zero-order chi connectivity index (χ0) is 18.1. The second-order valence-corrected chi connectivity index (χ2v) is 6.90. The van der Waals surface area contributed by atoms with Gasteiger partial charge in [0.05, 0.1) is 11.0 Å². The molecule has 0 radical (unpaired) electrons. The number of hydrogen-bond donors (Lipinski definition) is 0. The molecule has 2 heteroatoms. The summed E-state index contributed by atoms with van der Waals surface area (Å²) in [5.41, 5.74) is 6.36. The SMILES string of the molecule is c1ccc(CCc2ccc(-n3c4ccccc4c4cnccc43)cc2)cc1. The Labute approximate surface area is 158 Å². The van der Waals surface area contributed by atoms with Gasteiger partial charge in [0.25, 0.3) is 0 Å². The predicted octanol–water partition coefficient (Wildman–Crippen LogP) is 5.96. The van der Waals surface area contributed by atoms with Crippen molar-refractivity contribution in [3.8, 4) is 5.69 Å². The van der Waals surface area contributed by atoms with Gasteiger partial charge in [0.15, 0.2) is 0 Å². The molecule has 0 fully saturated rings. The lowest BCUT2D eigenvalue weighted by molar-refractivity contribution is 0.958. The monoisotopic (exact) mass is 348 g/mol. The topological polar surface area (TPSA) is 17.8 Å². The van der Waals surface area contributed by atoms with Crippen LogP contribution in [0, 0.1) is 0 Å². The van der Waals surface area contributed by atoms with E-state index in [2.05, 4.69) is 94.5 Å². The summed E-state index contributed by atoms with van der Waals surface area (Å²) < 4.78 is 2.33. The van der Waals surface area contributed by atoms with Crippen LogP contribution >= 0.6 is 0 Å². The summed E-state index contributed by atoms with van der Waals surface area (Å²) in [6, 6.07) is 30.3. The van der Waals surface area contributed by atoms with Crippen molar-refractivity contribution in [2.75, 3.05) is 0 Å². The van der Waals surface area contributed by atoms with Gasteiger partial charge >= 0.3 is 0 Å². The molecule has 5 rings (SSSR count). The van der Waals surface area contributed by atoms with E-state index in [1.165, 1.54) is 38.6 Å². The van der Waals surface area contributed by atoms with E-state index in [1.54, 1.807) is 0 Å². The Kier molecular flexibility index (Phi) is 3.95. The number of benzene rings is 3. The van der Waals surface area contributed by atoms with Crippen molar-refractivity contribution in [3.05, 3.63) is 108 Å². The second-order valence-electron chi connectivity index (χ2n) is 6.90. The number of hydrogen-bond acceptors (Lipinski definition) is 1. The Hall–Kier alpha value is -3.39. The maximum Gasteiger partial charge on any atom is 0.0571 e.